The molecule has 0 atom stereocenters. The van der Waals surface area contributed by atoms with Crippen LogP contribution in [0.4, 0.5) is 17.6 Å². The molecule has 10 heteroatoms. The normalized spacial score (nSPS) is 12.1. The summed E-state index contributed by atoms with van der Waals surface area (Å²) in [5.74, 6) is -3.60. The summed E-state index contributed by atoms with van der Waals surface area (Å²) in [6.45, 7) is 0. The molecule has 0 saturated carbocycles. The fraction of sp³-hybridized carbons (Fsp3) is 0.125. The monoisotopic (exact) mass is 364 g/mol. The van der Waals surface area contributed by atoms with Gasteiger partial charge in [-0.05, 0) is 11.6 Å². The number of hydrogen-bond acceptors (Lipinski definition) is 3. The molecule has 3 rings (SSSR count). The van der Waals surface area contributed by atoms with E-state index in [9.17, 15) is 17.6 Å². The second-order valence-electron chi connectivity index (χ2n) is 5.30. The molecule has 0 aliphatic heterocycles. The molecule has 0 bridgehead atoms. The van der Waals surface area contributed by atoms with Gasteiger partial charge in [0.15, 0.2) is 29.0 Å². The van der Waals surface area contributed by atoms with Gasteiger partial charge in [-0.3, -0.25) is 5.41 Å². The minimum atomic E-state index is -3.08. The highest BCUT2D eigenvalue weighted by atomic mass is 19.3. The van der Waals surface area contributed by atoms with Gasteiger partial charge >= 0.3 is 0 Å². The van der Waals surface area contributed by atoms with E-state index >= 15 is 0 Å². The molecule has 0 aliphatic carbocycles. The Morgan fingerprint density at radius 1 is 1.31 bits per heavy atom. The predicted molar refractivity (Wildman–Crippen MR) is 86.6 cm³/mol. The molecule has 0 fully saturated rings. The van der Waals surface area contributed by atoms with Crippen LogP contribution >= 0.6 is 0 Å². The zero-order valence-electron chi connectivity index (χ0n) is 13.1. The minimum Gasteiger partial charge on any atom is -0.382 e. The number of nitrogens with one attached hydrogen (secondary N) is 1. The Hall–Kier alpha value is -3.30. The van der Waals surface area contributed by atoms with E-state index in [1.54, 1.807) is 6.20 Å². The molecular formula is C16H12F4N6. The number of nitrogens with zero attached hydrogens (tertiary/aromatic N) is 4. The third-order valence-corrected chi connectivity index (χ3v) is 3.54. The molecule has 6 nitrogen and oxygen atoms in total. The zero-order valence-corrected chi connectivity index (χ0v) is 13.1. The zero-order chi connectivity index (χ0) is 18.8. The van der Waals surface area contributed by atoms with Gasteiger partial charge in [-0.2, -0.15) is 0 Å². The second kappa shape index (κ2) is 6.90. The molecule has 26 heavy (non-hydrogen) atoms. The van der Waals surface area contributed by atoms with Gasteiger partial charge in [0, 0.05) is 25.0 Å². The van der Waals surface area contributed by atoms with Gasteiger partial charge < -0.3 is 10.1 Å². The smallest absolute Gasteiger partial charge is 0.296 e. The maximum atomic E-state index is 13.9. The van der Waals surface area contributed by atoms with Gasteiger partial charge in [0.05, 0.1) is 5.69 Å². The first-order chi connectivity index (χ1) is 12.4. The number of rotatable bonds is 4. The van der Waals surface area contributed by atoms with Gasteiger partial charge in [-0.25, -0.2) is 32.5 Å². The third kappa shape index (κ3) is 3.39. The number of halogens is 4. The fourth-order valence-corrected chi connectivity index (χ4v) is 2.34. The van der Waals surface area contributed by atoms with Crippen molar-refractivity contribution in [1.82, 2.24) is 14.4 Å². The van der Waals surface area contributed by atoms with Crippen LogP contribution in [-0.2, 0) is 6.42 Å². The lowest BCUT2D eigenvalue weighted by molar-refractivity contribution is 0.223. The summed E-state index contributed by atoms with van der Waals surface area (Å²) >= 11 is 0. The quantitative estimate of drug-likeness (QED) is 0.423. The number of hydrogen-bond donors (Lipinski definition) is 2. The number of amidine groups is 2. The third-order valence-electron chi connectivity index (χ3n) is 3.54. The molecule has 0 saturated heterocycles. The van der Waals surface area contributed by atoms with E-state index in [1.165, 1.54) is 28.9 Å². The van der Waals surface area contributed by atoms with Crippen molar-refractivity contribution in [2.24, 2.45) is 10.7 Å². The highest BCUT2D eigenvalue weighted by Gasteiger charge is 2.16. The Balaban J connectivity index is 2.06. The van der Waals surface area contributed by atoms with Crippen molar-refractivity contribution in [2.75, 3.05) is 0 Å². The molecular weight excluding hydrogens is 352 g/mol. The van der Waals surface area contributed by atoms with Crippen LogP contribution in [0.1, 0.15) is 17.0 Å². The summed E-state index contributed by atoms with van der Waals surface area (Å²) < 4.78 is 53.8. The summed E-state index contributed by atoms with van der Waals surface area (Å²) in [6.07, 6.45) is 1.23. The maximum Gasteiger partial charge on any atom is 0.296 e. The summed E-state index contributed by atoms with van der Waals surface area (Å²) in [5.41, 5.74) is 6.33. The Kier molecular flexibility index (Phi) is 4.65. The molecule has 0 aliphatic rings. The molecule has 1 aromatic carbocycles. The highest BCUT2D eigenvalue weighted by molar-refractivity contribution is 6.04. The van der Waals surface area contributed by atoms with Crippen LogP contribution in [0, 0.1) is 17.0 Å². The standard InChI is InChI=1S/C16H12F4N6/c17-9-3-1-2-8(12(9)18)6-10-16-23-4-5-26(16)7-11(24-10)14(21)25-15(22)13(19)20/h1-5,7,13H,6H2,(H3,21,22,25). The summed E-state index contributed by atoms with van der Waals surface area (Å²) in [6, 6.07) is 3.75. The molecule has 2 aromatic heterocycles. The van der Waals surface area contributed by atoms with Crippen molar-refractivity contribution >= 4 is 17.3 Å². The summed E-state index contributed by atoms with van der Waals surface area (Å²) in [5, 5.41) is 7.09. The molecule has 2 heterocycles. The lowest BCUT2D eigenvalue weighted by Gasteiger charge is -2.09. The Morgan fingerprint density at radius 3 is 2.81 bits per heavy atom. The average Bonchev–Trinajstić information content (AvgIpc) is 3.07. The van der Waals surface area contributed by atoms with Crippen LogP contribution in [0.3, 0.4) is 0 Å². The average molecular weight is 364 g/mol. The molecule has 3 aromatic rings. The van der Waals surface area contributed by atoms with Crippen LogP contribution in [0.2, 0.25) is 0 Å². The number of imidazole rings is 1. The number of benzene rings is 1. The predicted octanol–water partition coefficient (Wildman–Crippen LogP) is 2.55. The lowest BCUT2D eigenvalue weighted by Crippen LogP contribution is -2.21. The fourth-order valence-electron chi connectivity index (χ4n) is 2.34. The Labute approximate surface area is 144 Å². The minimum absolute atomic E-state index is 0.00714. The summed E-state index contributed by atoms with van der Waals surface area (Å²) in [4.78, 5) is 11.6. The van der Waals surface area contributed by atoms with E-state index in [0.29, 0.717) is 5.65 Å². The van der Waals surface area contributed by atoms with E-state index in [2.05, 4.69) is 15.0 Å². The first-order valence-electron chi connectivity index (χ1n) is 7.33. The van der Waals surface area contributed by atoms with Crippen molar-refractivity contribution in [3.8, 4) is 0 Å². The largest absolute Gasteiger partial charge is 0.382 e. The number of aromatic nitrogens is 3. The first kappa shape index (κ1) is 17.5. The number of aliphatic imine (C=N–C) groups is 1. The number of nitrogens with two attached hydrogens (primary N) is 1. The van der Waals surface area contributed by atoms with Crippen LogP contribution < -0.4 is 5.73 Å². The highest BCUT2D eigenvalue weighted by Crippen LogP contribution is 2.18. The molecule has 0 unspecified atom stereocenters. The maximum absolute atomic E-state index is 13.9. The van der Waals surface area contributed by atoms with Gasteiger partial charge in [0.1, 0.15) is 5.69 Å². The number of fused-ring (bicyclic) bond motifs is 1. The van der Waals surface area contributed by atoms with Gasteiger partial charge in [-0.1, -0.05) is 12.1 Å². The van der Waals surface area contributed by atoms with Crippen LogP contribution in [0.15, 0.2) is 41.8 Å². The Bertz CT molecular complexity index is 1010. The van der Waals surface area contributed by atoms with E-state index < -0.39 is 29.7 Å². The second-order valence-corrected chi connectivity index (χ2v) is 5.30. The van der Waals surface area contributed by atoms with Gasteiger partial charge in [-0.15, -0.1) is 0 Å². The molecule has 0 radical (unpaired) electrons. The van der Waals surface area contributed by atoms with Gasteiger partial charge in [0.25, 0.3) is 6.43 Å². The van der Waals surface area contributed by atoms with Crippen molar-refractivity contribution in [2.45, 2.75) is 12.8 Å². The molecule has 0 spiro atoms. The SMILES string of the molecule is N=C(/N=C(\N)c1cn2ccnc2c(Cc2cccc(F)c2F)n1)C(F)F. The lowest BCUT2D eigenvalue weighted by atomic mass is 10.1. The van der Waals surface area contributed by atoms with E-state index in [0.717, 1.165) is 6.07 Å². The molecule has 0 amide bonds. The summed E-state index contributed by atoms with van der Waals surface area (Å²) in [7, 11) is 0. The first-order valence-corrected chi connectivity index (χ1v) is 7.33. The van der Waals surface area contributed by atoms with Crippen molar-refractivity contribution in [3.05, 3.63) is 65.4 Å². The van der Waals surface area contributed by atoms with Crippen LogP contribution in [-0.4, -0.2) is 32.5 Å². The number of alkyl halides is 2. The van der Waals surface area contributed by atoms with Crippen LogP contribution in [0.25, 0.3) is 5.65 Å². The van der Waals surface area contributed by atoms with Crippen molar-refractivity contribution in [1.29, 1.82) is 5.41 Å². The van der Waals surface area contributed by atoms with Crippen LogP contribution in [0.5, 0.6) is 0 Å². The molecule has 3 N–H and O–H groups in total. The van der Waals surface area contributed by atoms with Crippen molar-refractivity contribution in [3.63, 3.8) is 0 Å². The topological polar surface area (TPSA) is 92.4 Å². The Morgan fingerprint density at radius 2 is 2.08 bits per heavy atom. The van der Waals surface area contributed by atoms with Gasteiger partial charge in [0.2, 0.25) is 0 Å². The van der Waals surface area contributed by atoms with E-state index in [-0.39, 0.29) is 23.4 Å². The van der Waals surface area contributed by atoms with Crippen molar-refractivity contribution < 1.29 is 17.6 Å². The van der Waals surface area contributed by atoms with E-state index in [1.807, 2.05) is 0 Å². The molecule has 134 valence electrons. The van der Waals surface area contributed by atoms with E-state index in [4.69, 9.17) is 11.1 Å².